The molecular formula is C16H26N4O3. The molecular weight excluding hydrogens is 296 g/mol. The SMILES string of the molecule is CCN1CCN(CC(=O)N2CC[C@@H]3CNC[C@@H]3CC2)C(=O)C1=O. The highest BCUT2D eigenvalue weighted by Gasteiger charge is 2.35. The van der Waals surface area contributed by atoms with Crippen LogP contribution in [0.15, 0.2) is 0 Å². The van der Waals surface area contributed by atoms with Gasteiger partial charge in [0.15, 0.2) is 0 Å². The first-order valence-electron chi connectivity index (χ1n) is 8.66. The van der Waals surface area contributed by atoms with Crippen LogP contribution >= 0.6 is 0 Å². The molecule has 3 aliphatic rings. The van der Waals surface area contributed by atoms with Gasteiger partial charge in [-0.3, -0.25) is 14.4 Å². The van der Waals surface area contributed by atoms with Crippen molar-refractivity contribution < 1.29 is 14.4 Å². The van der Waals surface area contributed by atoms with Gasteiger partial charge in [0.2, 0.25) is 5.91 Å². The summed E-state index contributed by atoms with van der Waals surface area (Å²) in [5, 5.41) is 3.42. The molecule has 0 spiro atoms. The highest BCUT2D eigenvalue weighted by atomic mass is 16.2. The molecule has 1 N–H and O–H groups in total. The summed E-state index contributed by atoms with van der Waals surface area (Å²) in [5.74, 6) is 0.294. The first-order valence-corrected chi connectivity index (χ1v) is 8.66. The van der Waals surface area contributed by atoms with Gasteiger partial charge in [-0.25, -0.2) is 0 Å². The Morgan fingerprint density at radius 3 is 2.17 bits per heavy atom. The van der Waals surface area contributed by atoms with E-state index < -0.39 is 11.8 Å². The Kier molecular flexibility index (Phi) is 4.84. The zero-order chi connectivity index (χ0) is 16.4. The van der Waals surface area contributed by atoms with Gasteiger partial charge >= 0.3 is 11.8 Å². The number of nitrogens with zero attached hydrogens (tertiary/aromatic N) is 3. The Morgan fingerprint density at radius 2 is 1.57 bits per heavy atom. The number of fused-ring (bicyclic) bond motifs is 1. The quantitative estimate of drug-likeness (QED) is 0.686. The molecule has 0 aliphatic carbocycles. The maximum Gasteiger partial charge on any atom is 0.312 e. The highest BCUT2D eigenvalue weighted by Crippen LogP contribution is 2.27. The molecule has 23 heavy (non-hydrogen) atoms. The molecule has 7 heteroatoms. The van der Waals surface area contributed by atoms with Crippen molar-refractivity contribution in [1.82, 2.24) is 20.0 Å². The van der Waals surface area contributed by atoms with Crippen molar-refractivity contribution in [2.24, 2.45) is 11.8 Å². The van der Waals surface area contributed by atoms with E-state index in [1.807, 2.05) is 11.8 Å². The second-order valence-corrected chi connectivity index (χ2v) is 6.75. The molecule has 3 rings (SSSR count). The Hall–Kier alpha value is -1.63. The summed E-state index contributed by atoms with van der Waals surface area (Å²) in [6.45, 7) is 7.03. The molecule has 2 atom stereocenters. The summed E-state index contributed by atoms with van der Waals surface area (Å²) >= 11 is 0. The smallest absolute Gasteiger partial charge is 0.312 e. The number of hydrogen-bond acceptors (Lipinski definition) is 4. The van der Waals surface area contributed by atoms with E-state index >= 15 is 0 Å². The van der Waals surface area contributed by atoms with E-state index in [9.17, 15) is 14.4 Å². The van der Waals surface area contributed by atoms with Gasteiger partial charge in [0.25, 0.3) is 0 Å². The molecule has 3 heterocycles. The largest absolute Gasteiger partial charge is 0.341 e. The maximum atomic E-state index is 12.5. The van der Waals surface area contributed by atoms with Gasteiger partial charge in [-0.15, -0.1) is 0 Å². The topological polar surface area (TPSA) is 73.0 Å². The third-order valence-corrected chi connectivity index (χ3v) is 5.48. The first-order chi connectivity index (χ1) is 11.1. The Morgan fingerprint density at radius 1 is 1.00 bits per heavy atom. The van der Waals surface area contributed by atoms with Gasteiger partial charge in [-0.1, -0.05) is 0 Å². The van der Waals surface area contributed by atoms with Crippen molar-refractivity contribution in [3.63, 3.8) is 0 Å². The molecule has 0 bridgehead atoms. The maximum absolute atomic E-state index is 12.5. The Labute approximate surface area is 137 Å². The monoisotopic (exact) mass is 322 g/mol. The van der Waals surface area contributed by atoms with E-state index in [1.165, 1.54) is 9.80 Å². The zero-order valence-corrected chi connectivity index (χ0v) is 13.8. The molecule has 0 aromatic carbocycles. The Balaban J connectivity index is 1.55. The second kappa shape index (κ2) is 6.86. The lowest BCUT2D eigenvalue weighted by Gasteiger charge is -2.34. The van der Waals surface area contributed by atoms with Crippen LogP contribution in [0.4, 0.5) is 0 Å². The number of carbonyl (C=O) groups is 3. The van der Waals surface area contributed by atoms with Crippen LogP contribution < -0.4 is 5.32 Å². The fourth-order valence-electron chi connectivity index (χ4n) is 3.90. The Bertz CT molecular complexity index is 482. The molecule has 0 radical (unpaired) electrons. The predicted molar refractivity (Wildman–Crippen MR) is 84.5 cm³/mol. The highest BCUT2D eigenvalue weighted by molar-refractivity contribution is 6.35. The van der Waals surface area contributed by atoms with Gasteiger partial charge in [0.05, 0.1) is 0 Å². The van der Waals surface area contributed by atoms with E-state index in [-0.39, 0.29) is 12.5 Å². The lowest BCUT2D eigenvalue weighted by atomic mass is 9.92. The first kappa shape index (κ1) is 16.2. The van der Waals surface area contributed by atoms with E-state index in [0.717, 1.165) is 39.0 Å². The van der Waals surface area contributed by atoms with E-state index in [2.05, 4.69) is 5.32 Å². The van der Waals surface area contributed by atoms with Crippen molar-refractivity contribution in [1.29, 1.82) is 0 Å². The van der Waals surface area contributed by atoms with Gasteiger partial charge < -0.3 is 20.0 Å². The molecule has 3 amide bonds. The lowest BCUT2D eigenvalue weighted by molar-refractivity contribution is -0.157. The summed E-state index contributed by atoms with van der Waals surface area (Å²) < 4.78 is 0. The third kappa shape index (κ3) is 3.34. The molecule has 7 nitrogen and oxygen atoms in total. The van der Waals surface area contributed by atoms with E-state index in [0.29, 0.717) is 31.5 Å². The zero-order valence-electron chi connectivity index (χ0n) is 13.8. The summed E-state index contributed by atoms with van der Waals surface area (Å²) in [7, 11) is 0. The van der Waals surface area contributed by atoms with E-state index in [4.69, 9.17) is 0 Å². The van der Waals surface area contributed by atoms with Crippen LogP contribution in [0.5, 0.6) is 0 Å². The van der Waals surface area contributed by atoms with Gasteiger partial charge in [0.1, 0.15) is 6.54 Å². The third-order valence-electron chi connectivity index (χ3n) is 5.48. The van der Waals surface area contributed by atoms with Gasteiger partial charge in [0, 0.05) is 32.7 Å². The average molecular weight is 322 g/mol. The number of likely N-dealkylation sites (tertiary alicyclic amines) is 1. The number of likely N-dealkylation sites (N-methyl/N-ethyl adjacent to an activating group) is 1. The van der Waals surface area contributed by atoms with Crippen LogP contribution in [0.3, 0.4) is 0 Å². The van der Waals surface area contributed by atoms with Crippen LogP contribution in [0.25, 0.3) is 0 Å². The van der Waals surface area contributed by atoms with Crippen molar-refractivity contribution in [3.05, 3.63) is 0 Å². The molecule has 0 unspecified atom stereocenters. The molecule has 3 fully saturated rings. The normalized spacial score (nSPS) is 28.8. The average Bonchev–Trinajstić information content (AvgIpc) is 2.90. The number of piperazine rings is 1. The van der Waals surface area contributed by atoms with Crippen molar-refractivity contribution in [2.75, 3.05) is 52.4 Å². The van der Waals surface area contributed by atoms with Crippen LogP contribution in [-0.2, 0) is 14.4 Å². The number of rotatable bonds is 3. The summed E-state index contributed by atoms with van der Waals surface area (Å²) in [6.07, 6.45) is 2.06. The van der Waals surface area contributed by atoms with Crippen molar-refractivity contribution in [3.8, 4) is 0 Å². The lowest BCUT2D eigenvalue weighted by Crippen LogP contribution is -2.56. The number of carbonyl (C=O) groups excluding carboxylic acids is 3. The van der Waals surface area contributed by atoms with Crippen LogP contribution in [-0.4, -0.2) is 84.8 Å². The second-order valence-electron chi connectivity index (χ2n) is 6.75. The summed E-state index contributed by atoms with van der Waals surface area (Å²) in [4.78, 5) is 41.4. The van der Waals surface area contributed by atoms with Crippen LogP contribution in [0.1, 0.15) is 19.8 Å². The number of hydrogen-bond donors (Lipinski definition) is 1. The molecule has 0 saturated carbocycles. The standard InChI is InChI=1S/C16H26N4O3/c1-2-18-7-8-20(16(23)15(18)22)11-14(21)19-5-3-12-9-17-10-13(12)4-6-19/h12-13,17H,2-11H2,1H3/t12-,13+. The molecule has 3 saturated heterocycles. The van der Waals surface area contributed by atoms with Crippen molar-refractivity contribution >= 4 is 17.7 Å². The minimum atomic E-state index is -0.539. The summed E-state index contributed by atoms with van der Waals surface area (Å²) in [6, 6.07) is 0. The molecule has 128 valence electrons. The minimum absolute atomic E-state index is 0.0240. The van der Waals surface area contributed by atoms with Crippen molar-refractivity contribution in [2.45, 2.75) is 19.8 Å². The minimum Gasteiger partial charge on any atom is -0.341 e. The summed E-state index contributed by atoms with van der Waals surface area (Å²) in [5.41, 5.74) is 0. The van der Waals surface area contributed by atoms with Crippen LogP contribution in [0.2, 0.25) is 0 Å². The number of nitrogens with one attached hydrogen (secondary N) is 1. The van der Waals surface area contributed by atoms with E-state index in [1.54, 1.807) is 0 Å². The predicted octanol–water partition coefficient (Wildman–Crippen LogP) is -0.865. The fraction of sp³-hybridized carbons (Fsp3) is 0.812. The molecule has 3 aliphatic heterocycles. The number of amides is 3. The molecule has 0 aromatic heterocycles. The van der Waals surface area contributed by atoms with Gasteiger partial charge in [-0.2, -0.15) is 0 Å². The van der Waals surface area contributed by atoms with Gasteiger partial charge in [-0.05, 0) is 44.7 Å². The van der Waals surface area contributed by atoms with Crippen LogP contribution in [0, 0.1) is 11.8 Å². The molecule has 0 aromatic rings. The fourth-order valence-corrected chi connectivity index (χ4v) is 3.90.